The van der Waals surface area contributed by atoms with E-state index >= 15 is 0 Å². The molecular weight excluding hydrogens is 414 g/mol. The van der Waals surface area contributed by atoms with Crippen molar-refractivity contribution in [3.63, 3.8) is 0 Å². The molecule has 1 N–H and O–H groups in total. The molecule has 0 aliphatic heterocycles. The summed E-state index contributed by atoms with van der Waals surface area (Å²) in [5.41, 5.74) is 1.08. The standard InChI is InChI=1S/C19H16BrN3O4/c1-2-27-16(24)11-23-15-9-4-3-8-14(15)17(19(23)26)21-22-18(25)12-6-5-7-13(20)10-12/h3-10,26H,2,11H2,1H3. The molecule has 0 saturated carbocycles. The molecule has 0 spiro atoms. The van der Waals surface area contributed by atoms with Crippen LogP contribution in [0.1, 0.15) is 17.3 Å². The molecule has 0 unspecified atom stereocenters. The topological polar surface area (TPSA) is 93.2 Å². The fraction of sp³-hybridized carbons (Fsp3) is 0.158. The van der Waals surface area contributed by atoms with Crippen molar-refractivity contribution in [3.05, 3.63) is 58.6 Å². The molecule has 0 aliphatic carbocycles. The molecule has 3 aromatic rings. The number of esters is 1. The second-order valence-corrected chi connectivity index (χ2v) is 6.51. The highest BCUT2D eigenvalue weighted by Crippen LogP contribution is 2.38. The first-order chi connectivity index (χ1) is 13.0. The Hall–Kier alpha value is -3.00. The molecule has 2 aromatic carbocycles. The number of aromatic hydroxyl groups is 1. The number of benzene rings is 2. The number of carbonyl (C=O) groups is 2. The van der Waals surface area contributed by atoms with Crippen molar-refractivity contribution < 1.29 is 19.4 Å². The van der Waals surface area contributed by atoms with Crippen LogP contribution in [0.15, 0.2) is 63.2 Å². The van der Waals surface area contributed by atoms with Gasteiger partial charge in [-0.1, -0.05) is 40.2 Å². The fourth-order valence-corrected chi connectivity index (χ4v) is 3.04. The Morgan fingerprint density at radius 3 is 2.70 bits per heavy atom. The van der Waals surface area contributed by atoms with E-state index in [0.717, 1.165) is 4.47 Å². The first-order valence-corrected chi connectivity index (χ1v) is 8.98. The van der Waals surface area contributed by atoms with Crippen LogP contribution in [0.3, 0.4) is 0 Å². The molecule has 1 aromatic heterocycles. The number of halogens is 1. The van der Waals surface area contributed by atoms with Crippen LogP contribution >= 0.6 is 15.9 Å². The Morgan fingerprint density at radius 1 is 1.19 bits per heavy atom. The molecule has 0 aliphatic rings. The number of azo groups is 1. The second-order valence-electron chi connectivity index (χ2n) is 5.60. The number of amides is 1. The summed E-state index contributed by atoms with van der Waals surface area (Å²) >= 11 is 3.30. The van der Waals surface area contributed by atoms with Gasteiger partial charge in [0.2, 0.25) is 5.88 Å². The van der Waals surface area contributed by atoms with Gasteiger partial charge >= 0.3 is 5.97 Å². The number of ether oxygens (including phenoxy) is 1. The van der Waals surface area contributed by atoms with Gasteiger partial charge in [-0.05, 0) is 31.2 Å². The smallest absolute Gasteiger partial charge is 0.326 e. The van der Waals surface area contributed by atoms with E-state index in [1.807, 2.05) is 0 Å². The first-order valence-electron chi connectivity index (χ1n) is 8.18. The Kier molecular flexibility index (Phi) is 5.66. The van der Waals surface area contributed by atoms with Crippen molar-refractivity contribution in [2.45, 2.75) is 13.5 Å². The minimum Gasteiger partial charge on any atom is -0.493 e. The highest BCUT2D eigenvalue weighted by Gasteiger charge is 2.19. The zero-order valence-electron chi connectivity index (χ0n) is 14.4. The lowest BCUT2D eigenvalue weighted by Gasteiger charge is -2.06. The molecule has 0 fully saturated rings. The molecule has 7 nitrogen and oxygen atoms in total. The Balaban J connectivity index is 1.98. The summed E-state index contributed by atoms with van der Waals surface area (Å²) in [5, 5.41) is 18.8. The third-order valence-electron chi connectivity index (χ3n) is 3.82. The van der Waals surface area contributed by atoms with Crippen LogP contribution in [-0.2, 0) is 16.1 Å². The number of hydrogen-bond donors (Lipinski definition) is 1. The molecule has 1 heterocycles. The van der Waals surface area contributed by atoms with Crippen LogP contribution in [0.2, 0.25) is 0 Å². The Bertz CT molecular complexity index is 1040. The van der Waals surface area contributed by atoms with Crippen LogP contribution in [0.25, 0.3) is 10.9 Å². The van der Waals surface area contributed by atoms with Crippen molar-refractivity contribution >= 4 is 44.4 Å². The molecule has 8 heteroatoms. The van der Waals surface area contributed by atoms with Crippen molar-refractivity contribution in [2.75, 3.05) is 6.61 Å². The van der Waals surface area contributed by atoms with Crippen molar-refractivity contribution in [1.29, 1.82) is 0 Å². The summed E-state index contributed by atoms with van der Waals surface area (Å²) in [5.74, 6) is -1.28. The van der Waals surface area contributed by atoms with E-state index in [4.69, 9.17) is 4.74 Å². The molecular formula is C19H16BrN3O4. The maximum Gasteiger partial charge on any atom is 0.326 e. The SMILES string of the molecule is CCOC(=O)Cn1c(O)c(N=NC(=O)c2cccc(Br)c2)c2ccccc21. The minimum absolute atomic E-state index is 0.123. The number of carbonyl (C=O) groups excluding carboxylic acids is 2. The summed E-state index contributed by atoms with van der Waals surface area (Å²) in [6.07, 6.45) is 0. The molecule has 27 heavy (non-hydrogen) atoms. The summed E-state index contributed by atoms with van der Waals surface area (Å²) in [6, 6.07) is 13.8. The molecule has 3 rings (SSSR count). The molecule has 0 atom stereocenters. The molecule has 1 amide bonds. The van der Waals surface area contributed by atoms with Crippen molar-refractivity contribution in [3.8, 4) is 5.88 Å². The summed E-state index contributed by atoms with van der Waals surface area (Å²) < 4.78 is 7.07. The number of fused-ring (bicyclic) bond motifs is 1. The van der Waals surface area contributed by atoms with Gasteiger partial charge in [0, 0.05) is 15.4 Å². The average molecular weight is 430 g/mol. The Morgan fingerprint density at radius 2 is 1.96 bits per heavy atom. The summed E-state index contributed by atoms with van der Waals surface area (Å²) in [7, 11) is 0. The van der Waals surface area contributed by atoms with Gasteiger partial charge in [0.1, 0.15) is 6.54 Å². The van der Waals surface area contributed by atoms with E-state index in [1.165, 1.54) is 4.57 Å². The van der Waals surface area contributed by atoms with Gasteiger partial charge in [-0.15, -0.1) is 10.2 Å². The molecule has 138 valence electrons. The normalized spacial score (nSPS) is 11.2. The number of nitrogens with zero attached hydrogens (tertiary/aromatic N) is 3. The van der Waals surface area contributed by atoms with Crippen LogP contribution in [0.5, 0.6) is 5.88 Å². The summed E-state index contributed by atoms with van der Waals surface area (Å²) in [4.78, 5) is 24.1. The number of para-hydroxylation sites is 1. The minimum atomic E-state index is -0.544. The largest absolute Gasteiger partial charge is 0.493 e. The zero-order valence-corrected chi connectivity index (χ0v) is 16.0. The fourth-order valence-electron chi connectivity index (χ4n) is 2.64. The lowest BCUT2D eigenvalue weighted by atomic mass is 10.2. The second kappa shape index (κ2) is 8.13. The molecule has 0 bridgehead atoms. The molecule has 0 radical (unpaired) electrons. The van der Waals surface area contributed by atoms with Crippen LogP contribution in [-0.4, -0.2) is 28.2 Å². The van der Waals surface area contributed by atoms with Gasteiger partial charge in [0.25, 0.3) is 5.91 Å². The van der Waals surface area contributed by atoms with Crippen molar-refractivity contribution in [1.82, 2.24) is 4.57 Å². The predicted octanol–water partition coefficient (Wildman–Crippen LogP) is 4.60. The monoisotopic (exact) mass is 429 g/mol. The third kappa shape index (κ3) is 4.06. The van der Waals surface area contributed by atoms with Gasteiger partial charge < -0.3 is 9.84 Å². The number of aromatic nitrogens is 1. The van der Waals surface area contributed by atoms with Crippen molar-refractivity contribution in [2.24, 2.45) is 10.2 Å². The van der Waals surface area contributed by atoms with E-state index in [9.17, 15) is 14.7 Å². The van der Waals surface area contributed by atoms with Gasteiger partial charge in [-0.2, -0.15) is 0 Å². The van der Waals surface area contributed by atoms with Crippen LogP contribution in [0.4, 0.5) is 5.69 Å². The van der Waals surface area contributed by atoms with E-state index in [1.54, 1.807) is 55.5 Å². The average Bonchev–Trinajstić information content (AvgIpc) is 2.91. The quantitative estimate of drug-likeness (QED) is 0.473. The van der Waals surface area contributed by atoms with Gasteiger partial charge in [-0.3, -0.25) is 14.2 Å². The van der Waals surface area contributed by atoms with E-state index in [0.29, 0.717) is 16.5 Å². The molecule has 0 saturated heterocycles. The lowest BCUT2D eigenvalue weighted by Crippen LogP contribution is -2.12. The maximum atomic E-state index is 12.2. The van der Waals surface area contributed by atoms with E-state index < -0.39 is 11.9 Å². The lowest BCUT2D eigenvalue weighted by molar-refractivity contribution is -0.143. The van der Waals surface area contributed by atoms with E-state index in [-0.39, 0.29) is 24.7 Å². The predicted molar refractivity (Wildman–Crippen MR) is 103 cm³/mol. The number of rotatable bonds is 5. The maximum absolute atomic E-state index is 12.2. The van der Waals surface area contributed by atoms with Crippen LogP contribution < -0.4 is 0 Å². The first kappa shape index (κ1) is 18.8. The third-order valence-corrected chi connectivity index (χ3v) is 4.32. The highest BCUT2D eigenvalue weighted by atomic mass is 79.9. The van der Waals surface area contributed by atoms with Crippen LogP contribution in [0, 0.1) is 0 Å². The van der Waals surface area contributed by atoms with Gasteiger partial charge in [-0.25, -0.2) is 0 Å². The highest BCUT2D eigenvalue weighted by molar-refractivity contribution is 9.10. The Labute approximate surface area is 163 Å². The summed E-state index contributed by atoms with van der Waals surface area (Å²) in [6.45, 7) is 1.78. The van der Waals surface area contributed by atoms with Gasteiger partial charge in [0.15, 0.2) is 5.69 Å². The van der Waals surface area contributed by atoms with E-state index in [2.05, 4.69) is 26.2 Å². The van der Waals surface area contributed by atoms with Gasteiger partial charge in [0.05, 0.1) is 12.1 Å². The zero-order chi connectivity index (χ0) is 19.4. The number of hydrogen-bond acceptors (Lipinski definition) is 5.